The molecule has 0 N–H and O–H groups in total. The van der Waals surface area contributed by atoms with Crippen molar-refractivity contribution in [3.63, 3.8) is 0 Å². The Bertz CT molecular complexity index is 433. The third-order valence-electron chi connectivity index (χ3n) is 4.12. The van der Waals surface area contributed by atoms with E-state index in [1.165, 1.54) is 11.3 Å². The molecular weight excluding hydrogens is 222 g/mol. The summed E-state index contributed by atoms with van der Waals surface area (Å²) in [6, 6.07) is 8.48. The van der Waals surface area contributed by atoms with Crippen molar-refractivity contribution in [1.29, 1.82) is 0 Å². The first-order valence-electron chi connectivity index (χ1n) is 6.72. The van der Waals surface area contributed by atoms with Gasteiger partial charge in [-0.15, -0.1) is 0 Å². The fourth-order valence-electron chi connectivity index (χ4n) is 2.75. The van der Waals surface area contributed by atoms with Crippen LogP contribution >= 0.6 is 0 Å². The minimum absolute atomic E-state index is 0.112. The van der Waals surface area contributed by atoms with Crippen molar-refractivity contribution in [2.75, 3.05) is 18.5 Å². The summed E-state index contributed by atoms with van der Waals surface area (Å²) in [5.74, 6) is 0.632. The van der Waals surface area contributed by atoms with Gasteiger partial charge in [0.1, 0.15) is 5.78 Å². The largest absolute Gasteiger partial charge is 0.374 e. The summed E-state index contributed by atoms with van der Waals surface area (Å²) in [6.45, 7) is 7.07. The Labute approximate surface area is 110 Å². The van der Waals surface area contributed by atoms with Gasteiger partial charge < -0.3 is 4.90 Å². The van der Waals surface area contributed by atoms with Crippen LogP contribution in [0.25, 0.3) is 0 Å². The summed E-state index contributed by atoms with van der Waals surface area (Å²) in [6.07, 6.45) is 2.06. The molecule has 0 radical (unpaired) electrons. The lowest BCUT2D eigenvalue weighted by Gasteiger charge is -2.23. The van der Waals surface area contributed by atoms with E-state index in [0.29, 0.717) is 5.78 Å². The molecule has 2 rings (SSSR count). The molecule has 2 heteroatoms. The molecule has 0 aliphatic heterocycles. The van der Waals surface area contributed by atoms with E-state index < -0.39 is 0 Å². The summed E-state index contributed by atoms with van der Waals surface area (Å²) in [4.78, 5) is 14.4. The van der Waals surface area contributed by atoms with E-state index in [4.69, 9.17) is 0 Å². The number of aryl methyl sites for hydroxylation is 1. The maximum absolute atomic E-state index is 12.2. The first kappa shape index (κ1) is 13.1. The number of benzene rings is 1. The molecular formula is C16H23NO. The molecule has 1 aliphatic carbocycles. The minimum atomic E-state index is -0.112. The standard InChI is InChI=1S/C16H23NO/c1-12-5-7-14(8-6-12)17(4)11-13-9-10-16(2,3)15(13)18/h5-8,13H,9-11H2,1-4H3. The number of Topliss-reactive ketones (excluding diaryl/α,β-unsaturated/α-hetero) is 1. The quantitative estimate of drug-likeness (QED) is 0.813. The summed E-state index contributed by atoms with van der Waals surface area (Å²) in [5, 5.41) is 0. The zero-order chi connectivity index (χ0) is 13.3. The lowest BCUT2D eigenvalue weighted by molar-refractivity contribution is -0.127. The van der Waals surface area contributed by atoms with E-state index in [9.17, 15) is 4.79 Å². The van der Waals surface area contributed by atoms with Gasteiger partial charge in [0.05, 0.1) is 0 Å². The van der Waals surface area contributed by atoms with Crippen molar-refractivity contribution in [3.8, 4) is 0 Å². The molecule has 1 saturated carbocycles. The molecule has 18 heavy (non-hydrogen) atoms. The Morgan fingerprint density at radius 1 is 1.28 bits per heavy atom. The zero-order valence-electron chi connectivity index (χ0n) is 11.9. The van der Waals surface area contributed by atoms with Gasteiger partial charge in [-0.3, -0.25) is 4.79 Å². The van der Waals surface area contributed by atoms with Crippen LogP contribution in [0.2, 0.25) is 0 Å². The van der Waals surface area contributed by atoms with Crippen LogP contribution in [-0.2, 0) is 4.79 Å². The van der Waals surface area contributed by atoms with Gasteiger partial charge in [-0.25, -0.2) is 0 Å². The second-order valence-corrected chi connectivity index (χ2v) is 6.20. The minimum Gasteiger partial charge on any atom is -0.374 e. The number of anilines is 1. The fraction of sp³-hybridized carbons (Fsp3) is 0.562. The van der Waals surface area contributed by atoms with Crippen molar-refractivity contribution in [2.45, 2.75) is 33.6 Å². The van der Waals surface area contributed by atoms with E-state index in [1.54, 1.807) is 0 Å². The number of hydrogen-bond acceptors (Lipinski definition) is 2. The highest BCUT2D eigenvalue weighted by Crippen LogP contribution is 2.38. The lowest BCUT2D eigenvalue weighted by atomic mass is 9.89. The monoisotopic (exact) mass is 245 g/mol. The molecule has 1 aromatic rings. The van der Waals surface area contributed by atoms with E-state index in [1.807, 2.05) is 0 Å². The molecule has 1 aromatic carbocycles. The summed E-state index contributed by atoms with van der Waals surface area (Å²) in [7, 11) is 2.07. The molecule has 1 fully saturated rings. The topological polar surface area (TPSA) is 20.3 Å². The number of hydrogen-bond donors (Lipinski definition) is 0. The maximum atomic E-state index is 12.2. The molecule has 0 saturated heterocycles. The van der Waals surface area contributed by atoms with Crippen molar-refractivity contribution in [1.82, 2.24) is 0 Å². The molecule has 2 nitrogen and oxygen atoms in total. The third kappa shape index (κ3) is 2.58. The van der Waals surface area contributed by atoms with Crippen LogP contribution in [0.1, 0.15) is 32.3 Å². The highest BCUT2D eigenvalue weighted by atomic mass is 16.1. The van der Waals surface area contributed by atoms with Crippen molar-refractivity contribution in [2.24, 2.45) is 11.3 Å². The van der Waals surface area contributed by atoms with Gasteiger partial charge >= 0.3 is 0 Å². The summed E-state index contributed by atoms with van der Waals surface area (Å²) < 4.78 is 0. The van der Waals surface area contributed by atoms with Crippen LogP contribution in [-0.4, -0.2) is 19.4 Å². The van der Waals surface area contributed by atoms with Crippen molar-refractivity contribution < 1.29 is 4.79 Å². The zero-order valence-corrected chi connectivity index (χ0v) is 11.9. The van der Waals surface area contributed by atoms with E-state index >= 15 is 0 Å². The Hall–Kier alpha value is -1.31. The van der Waals surface area contributed by atoms with Crippen LogP contribution in [0.15, 0.2) is 24.3 Å². The number of carbonyl (C=O) groups is 1. The Morgan fingerprint density at radius 2 is 1.89 bits per heavy atom. The van der Waals surface area contributed by atoms with Gasteiger partial charge in [0, 0.05) is 30.6 Å². The first-order chi connectivity index (χ1) is 8.40. The molecule has 0 heterocycles. The second-order valence-electron chi connectivity index (χ2n) is 6.20. The SMILES string of the molecule is Cc1ccc(N(C)CC2CCC(C)(C)C2=O)cc1. The number of rotatable bonds is 3. The summed E-state index contributed by atoms with van der Waals surface area (Å²) in [5.41, 5.74) is 2.35. The summed E-state index contributed by atoms with van der Waals surface area (Å²) >= 11 is 0. The molecule has 1 unspecified atom stereocenters. The molecule has 0 amide bonds. The van der Waals surface area contributed by atoms with Gasteiger partial charge in [0.15, 0.2) is 0 Å². The van der Waals surface area contributed by atoms with Crippen molar-refractivity contribution in [3.05, 3.63) is 29.8 Å². The first-order valence-corrected chi connectivity index (χ1v) is 6.72. The predicted octanol–water partition coefficient (Wildman–Crippen LogP) is 3.44. The predicted molar refractivity (Wildman–Crippen MR) is 76.0 cm³/mol. The number of ketones is 1. The van der Waals surface area contributed by atoms with E-state index in [0.717, 1.165) is 19.4 Å². The van der Waals surface area contributed by atoms with E-state index in [-0.39, 0.29) is 11.3 Å². The van der Waals surface area contributed by atoms with Gasteiger partial charge in [0.2, 0.25) is 0 Å². The van der Waals surface area contributed by atoms with Crippen LogP contribution in [0.3, 0.4) is 0 Å². The van der Waals surface area contributed by atoms with Crippen molar-refractivity contribution >= 4 is 11.5 Å². The van der Waals surface area contributed by atoms with Gasteiger partial charge in [0.25, 0.3) is 0 Å². The highest BCUT2D eigenvalue weighted by molar-refractivity contribution is 5.88. The molecule has 1 aliphatic rings. The van der Waals surface area contributed by atoms with Gasteiger partial charge in [-0.2, -0.15) is 0 Å². The normalized spacial score (nSPS) is 22.2. The molecule has 0 spiro atoms. The van der Waals surface area contributed by atoms with Crippen LogP contribution in [0.4, 0.5) is 5.69 Å². The molecule has 1 atom stereocenters. The molecule has 0 aromatic heterocycles. The molecule has 98 valence electrons. The second kappa shape index (κ2) is 4.75. The third-order valence-corrected chi connectivity index (χ3v) is 4.12. The number of carbonyl (C=O) groups excluding carboxylic acids is 1. The number of nitrogens with zero attached hydrogens (tertiary/aromatic N) is 1. The average molecular weight is 245 g/mol. The smallest absolute Gasteiger partial charge is 0.143 e. The maximum Gasteiger partial charge on any atom is 0.143 e. The average Bonchev–Trinajstić information content (AvgIpc) is 2.57. The van der Waals surface area contributed by atoms with E-state index in [2.05, 4.69) is 57.0 Å². The molecule has 0 bridgehead atoms. The van der Waals surface area contributed by atoms with Crippen LogP contribution in [0.5, 0.6) is 0 Å². The Kier molecular flexibility index (Phi) is 3.47. The van der Waals surface area contributed by atoms with Gasteiger partial charge in [-0.05, 0) is 31.9 Å². The van der Waals surface area contributed by atoms with Crippen LogP contribution < -0.4 is 4.90 Å². The van der Waals surface area contributed by atoms with Crippen LogP contribution in [0, 0.1) is 18.3 Å². The Balaban J connectivity index is 2.02. The fourth-order valence-corrected chi connectivity index (χ4v) is 2.75. The van der Waals surface area contributed by atoms with Gasteiger partial charge in [-0.1, -0.05) is 31.5 Å². The highest BCUT2D eigenvalue weighted by Gasteiger charge is 2.40. The Morgan fingerprint density at radius 3 is 2.39 bits per heavy atom. The lowest BCUT2D eigenvalue weighted by Crippen LogP contribution is -2.31.